The van der Waals surface area contributed by atoms with Crippen molar-refractivity contribution in [2.45, 2.75) is 45.4 Å². The molecule has 2 nitrogen and oxygen atoms in total. The van der Waals surface area contributed by atoms with Crippen LogP contribution in [0.5, 0.6) is 0 Å². The lowest BCUT2D eigenvalue weighted by molar-refractivity contribution is 0.104. The molecule has 4 bridgehead atoms. The molecule has 0 saturated carbocycles. The summed E-state index contributed by atoms with van der Waals surface area (Å²) in [7, 11) is 0. The summed E-state index contributed by atoms with van der Waals surface area (Å²) in [5.74, 6) is 0.311. The average molecular weight is 397 g/mol. The van der Waals surface area contributed by atoms with Gasteiger partial charge in [-0.1, -0.05) is 74.5 Å². The van der Waals surface area contributed by atoms with E-state index in [0.717, 1.165) is 36.8 Å². The van der Waals surface area contributed by atoms with Crippen molar-refractivity contribution in [1.29, 1.82) is 0 Å². The Labute approximate surface area is 178 Å². The van der Waals surface area contributed by atoms with Crippen LogP contribution in [0, 0.1) is 0 Å². The summed E-state index contributed by atoms with van der Waals surface area (Å²) in [6, 6.07) is 22.8. The fourth-order valence-electron chi connectivity index (χ4n) is 3.99. The highest BCUT2D eigenvalue weighted by molar-refractivity contribution is 6.08. The fraction of sp³-hybridized carbons (Fsp3) is 0.250. The van der Waals surface area contributed by atoms with Crippen LogP contribution in [-0.2, 0) is 25.7 Å². The van der Waals surface area contributed by atoms with Crippen LogP contribution in [0.2, 0.25) is 0 Å². The normalized spacial score (nSPS) is 13.9. The Hall–Kier alpha value is -3.13. The van der Waals surface area contributed by atoms with E-state index in [-0.39, 0.29) is 11.5 Å². The first-order valence-corrected chi connectivity index (χ1v) is 10.7. The number of benzene rings is 3. The van der Waals surface area contributed by atoms with Crippen molar-refractivity contribution >= 4 is 11.5 Å². The van der Waals surface area contributed by atoms with Gasteiger partial charge in [-0.25, -0.2) is 0 Å². The number of aryl methyl sites for hydroxylation is 4. The van der Waals surface area contributed by atoms with E-state index in [1.165, 1.54) is 22.8 Å². The van der Waals surface area contributed by atoms with Gasteiger partial charge in [0.15, 0.2) is 5.78 Å². The molecular formula is C28H28O2. The molecule has 0 atom stereocenters. The van der Waals surface area contributed by atoms with Crippen molar-refractivity contribution in [1.82, 2.24) is 0 Å². The first kappa shape index (κ1) is 20.2. The highest BCUT2D eigenvalue weighted by Gasteiger charge is 2.14. The topological polar surface area (TPSA) is 37.3 Å². The lowest BCUT2D eigenvalue weighted by Crippen LogP contribution is -2.06. The van der Waals surface area contributed by atoms with Crippen molar-refractivity contribution in [3.05, 3.63) is 112 Å². The zero-order valence-corrected chi connectivity index (χ0v) is 17.7. The van der Waals surface area contributed by atoms with Gasteiger partial charge in [0, 0.05) is 17.2 Å². The lowest BCUT2D eigenvalue weighted by Gasteiger charge is -2.13. The van der Waals surface area contributed by atoms with Gasteiger partial charge in [-0.2, -0.15) is 0 Å². The molecule has 4 aliphatic rings. The molecule has 3 aromatic rings. The van der Waals surface area contributed by atoms with Gasteiger partial charge in [-0.3, -0.25) is 4.79 Å². The lowest BCUT2D eigenvalue weighted by atomic mass is 9.91. The summed E-state index contributed by atoms with van der Waals surface area (Å²) in [5.41, 5.74) is 7.37. The number of aliphatic hydroxyl groups excluding tert-OH is 1. The van der Waals surface area contributed by atoms with Gasteiger partial charge in [0.25, 0.3) is 0 Å². The van der Waals surface area contributed by atoms with Crippen LogP contribution in [-0.4, -0.2) is 10.9 Å². The van der Waals surface area contributed by atoms with Crippen LogP contribution in [0.4, 0.5) is 0 Å². The third-order valence-electron chi connectivity index (χ3n) is 5.99. The molecule has 0 aliphatic heterocycles. The van der Waals surface area contributed by atoms with E-state index in [1.54, 1.807) is 0 Å². The van der Waals surface area contributed by atoms with E-state index in [9.17, 15) is 9.90 Å². The van der Waals surface area contributed by atoms with Crippen LogP contribution in [0.15, 0.2) is 72.8 Å². The Bertz CT molecular complexity index is 1070. The molecule has 1 N–H and O–H groups in total. The molecular weight excluding hydrogens is 368 g/mol. The van der Waals surface area contributed by atoms with Crippen LogP contribution < -0.4 is 0 Å². The second-order valence-corrected chi connectivity index (χ2v) is 8.48. The third-order valence-corrected chi connectivity index (χ3v) is 5.99. The predicted molar refractivity (Wildman–Crippen MR) is 123 cm³/mol. The number of rotatable bonds is 4. The third kappa shape index (κ3) is 4.54. The number of hydrogen-bond donors (Lipinski definition) is 1. The fourth-order valence-corrected chi connectivity index (χ4v) is 3.99. The van der Waals surface area contributed by atoms with Gasteiger partial charge in [0.05, 0.1) is 0 Å². The highest BCUT2D eigenvalue weighted by Crippen LogP contribution is 2.22. The second kappa shape index (κ2) is 8.71. The van der Waals surface area contributed by atoms with E-state index < -0.39 is 0 Å². The van der Waals surface area contributed by atoms with E-state index >= 15 is 0 Å². The van der Waals surface area contributed by atoms with Gasteiger partial charge >= 0.3 is 0 Å². The minimum Gasteiger partial charge on any atom is -0.507 e. The van der Waals surface area contributed by atoms with Crippen LogP contribution in [0.3, 0.4) is 0 Å². The maximum Gasteiger partial charge on any atom is 0.189 e. The monoisotopic (exact) mass is 396 g/mol. The Morgan fingerprint density at radius 2 is 1.37 bits per heavy atom. The predicted octanol–water partition coefficient (Wildman–Crippen LogP) is 6.48. The van der Waals surface area contributed by atoms with E-state index in [4.69, 9.17) is 0 Å². The number of allylic oxidation sites excluding steroid dienone is 1. The number of carbonyl (C=O) groups is 1. The number of aliphatic hydroxyl groups is 1. The second-order valence-electron chi connectivity index (χ2n) is 8.48. The number of ketones is 1. The molecule has 7 rings (SSSR count). The van der Waals surface area contributed by atoms with Crippen LogP contribution in [0.25, 0.3) is 5.76 Å². The van der Waals surface area contributed by atoms with Gasteiger partial charge in [0.1, 0.15) is 5.76 Å². The quantitative estimate of drug-likeness (QED) is 0.311. The zero-order chi connectivity index (χ0) is 21.1. The SMILES string of the molecule is CC(C)c1ccc(/C(O)=C/C(=O)c2cc3ccc2CCc2ccc(cc2)CC3)cc1. The molecule has 0 fully saturated rings. The molecule has 0 aromatic heterocycles. The van der Waals surface area contributed by atoms with E-state index in [0.29, 0.717) is 17.0 Å². The zero-order valence-electron chi connectivity index (χ0n) is 17.7. The van der Waals surface area contributed by atoms with Crippen LogP contribution >= 0.6 is 0 Å². The Morgan fingerprint density at radius 1 is 0.800 bits per heavy atom. The molecule has 0 radical (unpaired) electrons. The summed E-state index contributed by atoms with van der Waals surface area (Å²) < 4.78 is 0. The maximum absolute atomic E-state index is 13.1. The van der Waals surface area contributed by atoms with E-state index in [1.807, 2.05) is 30.3 Å². The molecule has 0 heterocycles. The molecule has 0 saturated heterocycles. The molecule has 30 heavy (non-hydrogen) atoms. The van der Waals surface area contributed by atoms with Gasteiger partial charge in [-0.05, 0) is 65.5 Å². The Balaban J connectivity index is 1.62. The number of carbonyl (C=O) groups excluding carboxylic acids is 1. The summed E-state index contributed by atoms with van der Waals surface area (Å²) in [6.45, 7) is 4.27. The Morgan fingerprint density at radius 3 is 2.00 bits per heavy atom. The smallest absolute Gasteiger partial charge is 0.189 e. The Kier molecular flexibility index (Phi) is 5.85. The average Bonchev–Trinajstić information content (AvgIpc) is 2.75. The van der Waals surface area contributed by atoms with Crippen molar-refractivity contribution in [3.63, 3.8) is 0 Å². The molecule has 152 valence electrons. The van der Waals surface area contributed by atoms with Crippen molar-refractivity contribution in [2.75, 3.05) is 0 Å². The minimum absolute atomic E-state index is 0.0163. The standard InChI is InChI=1S/C28H28O2/c1-19(2)23-13-15-25(16-14-23)27(29)18-28(30)26-17-22-8-7-20-3-5-21(6-4-20)9-11-24(26)12-10-22/h3-6,10,12-19,29H,7-9,11H2,1-2H3/b27-18-. The van der Waals surface area contributed by atoms with Gasteiger partial charge in [0.2, 0.25) is 0 Å². The first-order chi connectivity index (χ1) is 14.5. The maximum atomic E-state index is 13.1. The van der Waals surface area contributed by atoms with E-state index in [2.05, 4.69) is 50.2 Å². The van der Waals surface area contributed by atoms with Gasteiger partial charge in [-0.15, -0.1) is 0 Å². The molecule has 0 unspecified atom stereocenters. The summed E-state index contributed by atoms with van der Waals surface area (Å²) in [6.07, 6.45) is 4.92. The van der Waals surface area contributed by atoms with Crippen LogP contribution in [0.1, 0.15) is 63.5 Å². The molecule has 0 amide bonds. The molecule has 0 spiro atoms. The van der Waals surface area contributed by atoms with Gasteiger partial charge < -0.3 is 5.11 Å². The largest absolute Gasteiger partial charge is 0.507 e. The molecule has 2 heteroatoms. The summed E-state index contributed by atoms with van der Waals surface area (Å²) in [5, 5.41) is 10.6. The summed E-state index contributed by atoms with van der Waals surface area (Å²) in [4.78, 5) is 13.1. The number of hydrogen-bond acceptors (Lipinski definition) is 2. The summed E-state index contributed by atoms with van der Waals surface area (Å²) >= 11 is 0. The van der Waals surface area contributed by atoms with Crippen molar-refractivity contribution in [3.8, 4) is 0 Å². The van der Waals surface area contributed by atoms with Crippen molar-refractivity contribution < 1.29 is 9.90 Å². The highest BCUT2D eigenvalue weighted by atomic mass is 16.3. The molecule has 4 aliphatic carbocycles. The van der Waals surface area contributed by atoms with Crippen molar-refractivity contribution in [2.24, 2.45) is 0 Å². The minimum atomic E-state index is -0.136. The molecule has 3 aromatic carbocycles. The first-order valence-electron chi connectivity index (χ1n) is 10.7.